The van der Waals surface area contributed by atoms with E-state index in [-0.39, 0.29) is 0 Å². The molecule has 16 heavy (non-hydrogen) atoms. The summed E-state index contributed by atoms with van der Waals surface area (Å²) in [5, 5.41) is 14.4. The molecule has 0 radical (unpaired) electrons. The first-order valence-corrected chi connectivity index (χ1v) is 5.66. The highest BCUT2D eigenvalue weighted by molar-refractivity contribution is 5.86. The summed E-state index contributed by atoms with van der Waals surface area (Å²) in [6.07, 6.45) is 7.59. The average molecular weight is 224 g/mol. The van der Waals surface area contributed by atoms with Crippen molar-refractivity contribution >= 4 is 11.7 Å². The van der Waals surface area contributed by atoms with Crippen LogP contribution in [0.25, 0.3) is 0 Å². The van der Waals surface area contributed by atoms with Crippen LogP contribution < -0.4 is 11.1 Å². The van der Waals surface area contributed by atoms with Gasteiger partial charge in [-0.05, 0) is 25.5 Å². The van der Waals surface area contributed by atoms with Crippen molar-refractivity contribution < 1.29 is 5.21 Å². The molecule has 0 saturated carbocycles. The number of hydrogen-bond acceptors (Lipinski definition) is 3. The van der Waals surface area contributed by atoms with Crippen molar-refractivity contribution in [2.24, 2.45) is 21.8 Å². The molecule has 1 rings (SSSR count). The van der Waals surface area contributed by atoms with Gasteiger partial charge in [-0.1, -0.05) is 18.2 Å². The van der Waals surface area contributed by atoms with Crippen molar-refractivity contribution in [1.29, 1.82) is 0 Å². The molecule has 1 aliphatic heterocycles. The number of allylic oxidation sites excluding steroid dienone is 1. The summed E-state index contributed by atoms with van der Waals surface area (Å²) >= 11 is 0. The first-order chi connectivity index (χ1) is 7.74. The van der Waals surface area contributed by atoms with Crippen molar-refractivity contribution in [3.05, 3.63) is 12.3 Å². The highest BCUT2D eigenvalue weighted by Crippen LogP contribution is 2.08. The molecule has 1 aliphatic rings. The highest BCUT2D eigenvalue weighted by Gasteiger charge is 2.10. The summed E-state index contributed by atoms with van der Waals surface area (Å²) in [7, 11) is 0. The van der Waals surface area contributed by atoms with E-state index in [2.05, 4.69) is 28.5 Å². The molecule has 4 N–H and O–H groups in total. The van der Waals surface area contributed by atoms with Crippen LogP contribution in [0.5, 0.6) is 0 Å². The van der Waals surface area contributed by atoms with E-state index in [4.69, 9.17) is 10.9 Å². The lowest BCUT2D eigenvalue weighted by Crippen LogP contribution is -2.28. The van der Waals surface area contributed by atoms with Crippen LogP contribution in [0.1, 0.15) is 32.6 Å². The maximum atomic E-state index is 8.35. The van der Waals surface area contributed by atoms with Gasteiger partial charge in [-0.3, -0.25) is 4.99 Å². The molecule has 1 unspecified atom stereocenters. The minimum Gasteiger partial charge on any atom is -0.409 e. The number of oxime groups is 1. The Morgan fingerprint density at radius 1 is 1.62 bits per heavy atom. The second kappa shape index (κ2) is 6.87. The van der Waals surface area contributed by atoms with E-state index in [1.165, 1.54) is 0 Å². The maximum absolute atomic E-state index is 8.35. The third-order valence-electron chi connectivity index (χ3n) is 2.56. The summed E-state index contributed by atoms with van der Waals surface area (Å²) in [6.45, 7) is 2.95. The van der Waals surface area contributed by atoms with Crippen molar-refractivity contribution in [2.45, 2.75) is 32.6 Å². The molecule has 1 heterocycles. The number of amidine groups is 2. The van der Waals surface area contributed by atoms with Crippen LogP contribution in [0.15, 0.2) is 22.4 Å². The van der Waals surface area contributed by atoms with Crippen LogP contribution in [0.3, 0.4) is 0 Å². The van der Waals surface area contributed by atoms with Crippen LogP contribution in [0.4, 0.5) is 0 Å². The van der Waals surface area contributed by atoms with Crippen molar-refractivity contribution in [2.75, 3.05) is 6.54 Å². The summed E-state index contributed by atoms with van der Waals surface area (Å²) in [6, 6.07) is 0. The molecule has 0 fully saturated rings. The van der Waals surface area contributed by atoms with Crippen molar-refractivity contribution in [3.8, 4) is 0 Å². The lowest BCUT2D eigenvalue weighted by Gasteiger charge is -2.17. The predicted molar refractivity (Wildman–Crippen MR) is 65.6 cm³/mol. The van der Waals surface area contributed by atoms with Gasteiger partial charge >= 0.3 is 0 Å². The van der Waals surface area contributed by atoms with Gasteiger partial charge in [0.05, 0.1) is 0 Å². The van der Waals surface area contributed by atoms with Gasteiger partial charge < -0.3 is 16.3 Å². The summed E-state index contributed by atoms with van der Waals surface area (Å²) in [5.41, 5.74) is 5.36. The Bertz CT molecular complexity index is 296. The molecule has 0 spiro atoms. The predicted octanol–water partition coefficient (Wildman–Crippen LogP) is 1.44. The molecule has 0 bridgehead atoms. The van der Waals surface area contributed by atoms with Crippen LogP contribution >= 0.6 is 0 Å². The van der Waals surface area contributed by atoms with Gasteiger partial charge in [0, 0.05) is 18.9 Å². The number of unbranched alkanes of at least 4 members (excludes halogenated alkanes) is 1. The Hall–Kier alpha value is -1.52. The summed E-state index contributed by atoms with van der Waals surface area (Å²) in [5.74, 6) is 1.83. The van der Waals surface area contributed by atoms with Crippen molar-refractivity contribution in [1.82, 2.24) is 5.32 Å². The number of nitrogens with one attached hydrogen (secondary N) is 1. The van der Waals surface area contributed by atoms with E-state index in [0.717, 1.165) is 31.6 Å². The van der Waals surface area contributed by atoms with E-state index < -0.39 is 0 Å². The zero-order valence-corrected chi connectivity index (χ0v) is 9.69. The van der Waals surface area contributed by atoms with Gasteiger partial charge in [-0.2, -0.15) is 0 Å². The zero-order valence-electron chi connectivity index (χ0n) is 9.69. The SMILES string of the molecule is CC1CC=CNC1=NCCCC/C(N)=N/O. The van der Waals surface area contributed by atoms with Gasteiger partial charge in [0.1, 0.15) is 11.7 Å². The normalized spacial score (nSPS) is 23.4. The fourth-order valence-corrected chi connectivity index (χ4v) is 1.54. The van der Waals surface area contributed by atoms with Gasteiger partial charge in [0.2, 0.25) is 0 Å². The molecule has 5 nitrogen and oxygen atoms in total. The Kier molecular flexibility index (Phi) is 5.39. The first kappa shape index (κ1) is 12.5. The molecule has 0 aromatic rings. The number of nitrogens with zero attached hydrogens (tertiary/aromatic N) is 2. The topological polar surface area (TPSA) is 83.0 Å². The fraction of sp³-hybridized carbons (Fsp3) is 0.636. The largest absolute Gasteiger partial charge is 0.409 e. The molecule has 90 valence electrons. The van der Waals surface area contributed by atoms with Gasteiger partial charge in [0.25, 0.3) is 0 Å². The smallest absolute Gasteiger partial charge is 0.139 e. The molecule has 0 saturated heterocycles. The number of rotatable bonds is 5. The summed E-state index contributed by atoms with van der Waals surface area (Å²) < 4.78 is 0. The molecule has 0 aliphatic carbocycles. The molecular weight excluding hydrogens is 204 g/mol. The quantitative estimate of drug-likeness (QED) is 0.217. The molecular formula is C11H20N4O. The van der Waals surface area contributed by atoms with E-state index in [0.29, 0.717) is 18.2 Å². The number of nitrogens with two attached hydrogens (primary N) is 1. The van der Waals surface area contributed by atoms with Gasteiger partial charge in [-0.25, -0.2) is 0 Å². The molecule has 0 amide bonds. The van der Waals surface area contributed by atoms with Crippen LogP contribution in [0, 0.1) is 5.92 Å². The monoisotopic (exact) mass is 224 g/mol. The van der Waals surface area contributed by atoms with Gasteiger partial charge in [0.15, 0.2) is 0 Å². The first-order valence-electron chi connectivity index (χ1n) is 5.66. The number of aliphatic imine (C=N–C) groups is 1. The highest BCUT2D eigenvalue weighted by atomic mass is 16.4. The van der Waals surface area contributed by atoms with Crippen LogP contribution in [-0.2, 0) is 0 Å². The van der Waals surface area contributed by atoms with E-state index in [9.17, 15) is 0 Å². The third-order valence-corrected chi connectivity index (χ3v) is 2.56. The Morgan fingerprint density at radius 2 is 2.44 bits per heavy atom. The third kappa shape index (κ3) is 4.33. The lowest BCUT2D eigenvalue weighted by atomic mass is 10.0. The Morgan fingerprint density at radius 3 is 3.12 bits per heavy atom. The maximum Gasteiger partial charge on any atom is 0.139 e. The van der Waals surface area contributed by atoms with E-state index >= 15 is 0 Å². The second-order valence-corrected chi connectivity index (χ2v) is 4.00. The minimum atomic E-state index is 0.291. The Balaban J connectivity index is 2.19. The Labute approximate surface area is 96.1 Å². The summed E-state index contributed by atoms with van der Waals surface area (Å²) in [4.78, 5) is 4.50. The molecule has 5 heteroatoms. The van der Waals surface area contributed by atoms with Gasteiger partial charge in [-0.15, -0.1) is 0 Å². The lowest BCUT2D eigenvalue weighted by molar-refractivity contribution is 0.316. The second-order valence-electron chi connectivity index (χ2n) is 4.00. The van der Waals surface area contributed by atoms with E-state index in [1.54, 1.807) is 0 Å². The molecule has 1 atom stereocenters. The fourth-order valence-electron chi connectivity index (χ4n) is 1.54. The van der Waals surface area contributed by atoms with Crippen molar-refractivity contribution in [3.63, 3.8) is 0 Å². The minimum absolute atomic E-state index is 0.291. The van der Waals surface area contributed by atoms with Crippen LogP contribution in [-0.4, -0.2) is 23.4 Å². The average Bonchev–Trinajstić information content (AvgIpc) is 2.30. The van der Waals surface area contributed by atoms with E-state index in [1.807, 2.05) is 6.20 Å². The molecule has 0 aromatic heterocycles. The zero-order chi connectivity index (χ0) is 11.8. The molecule has 0 aromatic carbocycles. The standard InChI is InChI=1S/C11H20N4O/c1-9-5-4-8-14-11(9)13-7-3-2-6-10(12)15-16/h4,8-9,16H,2-3,5-7H2,1H3,(H2,12,15)(H,13,14). The number of hydrogen-bond donors (Lipinski definition) is 3. The van der Waals surface area contributed by atoms with Crippen LogP contribution in [0.2, 0.25) is 0 Å².